The Kier molecular flexibility index (Phi) is 5.43. The van der Waals surface area contributed by atoms with Gasteiger partial charge in [-0.25, -0.2) is 8.78 Å². The van der Waals surface area contributed by atoms with Gasteiger partial charge >= 0.3 is 5.97 Å². The molecule has 0 amide bonds. The van der Waals surface area contributed by atoms with Crippen LogP contribution in [-0.4, -0.2) is 18.0 Å². The van der Waals surface area contributed by atoms with E-state index in [1.54, 1.807) is 0 Å². The lowest BCUT2D eigenvalue weighted by atomic mass is 9.65. The quantitative estimate of drug-likeness (QED) is 0.719. The minimum atomic E-state index is -2.34. The van der Waals surface area contributed by atoms with Gasteiger partial charge in [-0.05, 0) is 52.0 Å². The lowest BCUT2D eigenvalue weighted by Gasteiger charge is -2.40. The van der Waals surface area contributed by atoms with Crippen molar-refractivity contribution in [3.8, 4) is 0 Å². The molecule has 23 heavy (non-hydrogen) atoms. The molecule has 0 N–H and O–H groups in total. The maximum Gasteiger partial charge on any atom is 0.309 e. The molecule has 1 aliphatic carbocycles. The number of halogens is 2. The smallest absolute Gasteiger partial charge is 0.309 e. The first kappa shape index (κ1) is 17.9. The highest BCUT2D eigenvalue weighted by Gasteiger charge is 2.41. The van der Waals surface area contributed by atoms with Crippen LogP contribution in [0.2, 0.25) is 0 Å². The normalized spacial score (nSPS) is 25.4. The molecule has 0 aromatic heterocycles. The summed E-state index contributed by atoms with van der Waals surface area (Å²) >= 11 is 0. The highest BCUT2D eigenvalue weighted by atomic mass is 19.3. The maximum absolute atomic E-state index is 13.1. The van der Waals surface area contributed by atoms with Crippen molar-refractivity contribution in [1.82, 2.24) is 0 Å². The van der Waals surface area contributed by atoms with Gasteiger partial charge in [0.05, 0.1) is 5.92 Å². The van der Waals surface area contributed by atoms with E-state index in [1.165, 1.54) is 0 Å². The summed E-state index contributed by atoms with van der Waals surface area (Å²) in [5.74, 6) is -0.375. The molecule has 1 aliphatic rings. The molecular formula is C19H26F2O2. The highest BCUT2D eigenvalue weighted by Crippen LogP contribution is 2.45. The third-order valence-electron chi connectivity index (χ3n) is 4.61. The van der Waals surface area contributed by atoms with Crippen LogP contribution in [0, 0.1) is 5.92 Å². The summed E-state index contributed by atoms with van der Waals surface area (Å²) in [5, 5.41) is 0. The molecule has 1 fully saturated rings. The Bertz CT molecular complexity index is 512. The molecule has 2 nitrogen and oxygen atoms in total. The molecule has 0 spiro atoms. The van der Waals surface area contributed by atoms with Crippen molar-refractivity contribution in [2.75, 3.05) is 0 Å². The van der Waals surface area contributed by atoms with Crippen molar-refractivity contribution in [1.29, 1.82) is 0 Å². The van der Waals surface area contributed by atoms with Crippen LogP contribution in [0.25, 0.3) is 0 Å². The Morgan fingerprint density at radius 1 is 1.22 bits per heavy atom. The largest absolute Gasteiger partial charge is 0.460 e. The summed E-state index contributed by atoms with van der Waals surface area (Å²) in [6.45, 7) is 5.54. The van der Waals surface area contributed by atoms with Crippen LogP contribution in [0.1, 0.15) is 58.4 Å². The fourth-order valence-corrected chi connectivity index (χ4v) is 3.49. The van der Waals surface area contributed by atoms with E-state index in [0.29, 0.717) is 25.7 Å². The van der Waals surface area contributed by atoms with Gasteiger partial charge in [0.25, 0.3) is 0 Å². The summed E-state index contributed by atoms with van der Waals surface area (Å²) < 4.78 is 31.7. The number of carbonyl (C=O) groups is 1. The lowest BCUT2D eigenvalue weighted by Crippen LogP contribution is -2.37. The van der Waals surface area contributed by atoms with Crippen molar-refractivity contribution in [3.63, 3.8) is 0 Å². The van der Waals surface area contributed by atoms with E-state index in [9.17, 15) is 13.6 Å². The van der Waals surface area contributed by atoms with Crippen LogP contribution in [0.15, 0.2) is 30.3 Å². The fraction of sp³-hybridized carbons (Fsp3) is 0.632. The minimum absolute atomic E-state index is 0.141. The van der Waals surface area contributed by atoms with E-state index in [-0.39, 0.29) is 18.3 Å². The van der Waals surface area contributed by atoms with Gasteiger partial charge in [0.15, 0.2) is 0 Å². The zero-order valence-electron chi connectivity index (χ0n) is 14.1. The van der Waals surface area contributed by atoms with Gasteiger partial charge in [0, 0.05) is 11.8 Å². The molecule has 0 unspecified atom stereocenters. The van der Waals surface area contributed by atoms with E-state index in [2.05, 4.69) is 0 Å². The van der Waals surface area contributed by atoms with E-state index in [4.69, 9.17) is 4.74 Å². The Labute approximate surface area is 137 Å². The van der Waals surface area contributed by atoms with Crippen molar-refractivity contribution in [2.45, 2.75) is 70.3 Å². The summed E-state index contributed by atoms with van der Waals surface area (Å²) in [6, 6.07) is 9.53. The van der Waals surface area contributed by atoms with Gasteiger partial charge in [-0.2, -0.15) is 0 Å². The van der Waals surface area contributed by atoms with Gasteiger partial charge in [-0.3, -0.25) is 4.79 Å². The molecule has 0 aliphatic heterocycles. The van der Waals surface area contributed by atoms with Gasteiger partial charge in [0.1, 0.15) is 5.60 Å². The predicted molar refractivity (Wildman–Crippen MR) is 86.5 cm³/mol. The van der Waals surface area contributed by atoms with E-state index in [1.807, 2.05) is 51.1 Å². The average molecular weight is 324 g/mol. The van der Waals surface area contributed by atoms with Crippen LogP contribution in [0.5, 0.6) is 0 Å². The Hall–Kier alpha value is -1.45. The number of ether oxygens (including phenoxy) is 1. The summed E-state index contributed by atoms with van der Waals surface area (Å²) in [5.41, 5.74) is -0.0648. The van der Waals surface area contributed by atoms with Crippen molar-refractivity contribution >= 4 is 5.97 Å². The van der Waals surface area contributed by atoms with Crippen LogP contribution >= 0.6 is 0 Å². The van der Waals surface area contributed by atoms with Crippen LogP contribution in [0.4, 0.5) is 8.78 Å². The molecule has 4 heteroatoms. The molecule has 0 saturated heterocycles. The minimum Gasteiger partial charge on any atom is -0.460 e. The summed E-state index contributed by atoms with van der Waals surface area (Å²) in [6.07, 6.45) is -0.0602. The SMILES string of the molecule is CC(C)(C)OC(=O)C1CCC(CC(F)F)(c2ccccc2)CC1. The number of benzene rings is 1. The van der Waals surface area contributed by atoms with Crippen LogP contribution < -0.4 is 0 Å². The second-order valence-electron chi connectivity index (χ2n) is 7.55. The number of carbonyl (C=O) groups excluding carboxylic acids is 1. The standard InChI is InChI=1S/C19H26F2O2/c1-18(2,3)23-17(22)14-9-11-19(12-10-14,13-16(20)21)15-7-5-4-6-8-15/h4-8,14,16H,9-13H2,1-3H3. The second-order valence-corrected chi connectivity index (χ2v) is 7.55. The van der Waals surface area contributed by atoms with Gasteiger partial charge in [-0.15, -0.1) is 0 Å². The van der Waals surface area contributed by atoms with E-state index < -0.39 is 17.4 Å². The number of hydrogen-bond donors (Lipinski definition) is 0. The second kappa shape index (κ2) is 6.98. The van der Waals surface area contributed by atoms with Crippen LogP contribution in [-0.2, 0) is 14.9 Å². The summed E-state index contributed by atoms with van der Waals surface area (Å²) in [7, 11) is 0. The van der Waals surface area contributed by atoms with E-state index in [0.717, 1.165) is 5.56 Å². The van der Waals surface area contributed by atoms with Crippen LogP contribution in [0.3, 0.4) is 0 Å². The van der Waals surface area contributed by atoms with Crippen molar-refractivity contribution in [2.24, 2.45) is 5.92 Å². The molecule has 0 bridgehead atoms. The Morgan fingerprint density at radius 2 is 1.78 bits per heavy atom. The lowest BCUT2D eigenvalue weighted by molar-refractivity contribution is -0.161. The van der Waals surface area contributed by atoms with Crippen molar-refractivity contribution < 1.29 is 18.3 Å². The summed E-state index contributed by atoms with van der Waals surface area (Å²) in [4.78, 5) is 12.2. The predicted octanol–water partition coefficient (Wildman–Crippen LogP) is 5.11. The van der Waals surface area contributed by atoms with Gasteiger partial charge in [-0.1, -0.05) is 30.3 Å². The maximum atomic E-state index is 13.1. The number of rotatable bonds is 4. The molecule has 2 rings (SSSR count). The zero-order valence-corrected chi connectivity index (χ0v) is 14.1. The molecule has 128 valence electrons. The third-order valence-corrected chi connectivity index (χ3v) is 4.61. The molecule has 1 aromatic carbocycles. The first-order valence-corrected chi connectivity index (χ1v) is 8.28. The molecule has 1 saturated carbocycles. The molecule has 0 heterocycles. The average Bonchev–Trinajstić information content (AvgIpc) is 2.46. The molecule has 0 radical (unpaired) electrons. The van der Waals surface area contributed by atoms with E-state index >= 15 is 0 Å². The zero-order chi connectivity index (χ0) is 17.1. The number of hydrogen-bond acceptors (Lipinski definition) is 2. The molecular weight excluding hydrogens is 298 g/mol. The Balaban J connectivity index is 2.10. The van der Waals surface area contributed by atoms with Gasteiger partial charge in [0.2, 0.25) is 6.43 Å². The monoisotopic (exact) mass is 324 g/mol. The first-order chi connectivity index (χ1) is 10.7. The number of alkyl halides is 2. The van der Waals surface area contributed by atoms with Crippen molar-refractivity contribution in [3.05, 3.63) is 35.9 Å². The first-order valence-electron chi connectivity index (χ1n) is 8.28. The topological polar surface area (TPSA) is 26.3 Å². The third kappa shape index (κ3) is 4.76. The number of esters is 1. The molecule has 1 aromatic rings. The molecule has 0 atom stereocenters. The highest BCUT2D eigenvalue weighted by molar-refractivity contribution is 5.73. The fourth-order valence-electron chi connectivity index (χ4n) is 3.49. The van der Waals surface area contributed by atoms with Gasteiger partial charge < -0.3 is 4.74 Å². The Morgan fingerprint density at radius 3 is 2.26 bits per heavy atom.